The minimum atomic E-state index is 0.143. The summed E-state index contributed by atoms with van der Waals surface area (Å²) in [5.41, 5.74) is 10.2. The number of hydrogen-bond acceptors (Lipinski definition) is 2. The summed E-state index contributed by atoms with van der Waals surface area (Å²) in [5.74, 6) is 0. The quantitative estimate of drug-likeness (QED) is 0.896. The van der Waals surface area contributed by atoms with Gasteiger partial charge in [0, 0.05) is 19.3 Å². The molecule has 0 spiro atoms. The third kappa shape index (κ3) is 4.24. The lowest BCUT2D eigenvalue weighted by Crippen LogP contribution is -2.37. The number of aryl methyl sites for hydroxylation is 1. The molecule has 0 aliphatic heterocycles. The highest BCUT2D eigenvalue weighted by Crippen LogP contribution is 2.29. The maximum absolute atomic E-state index is 5.83. The smallest absolute Gasteiger partial charge is 0.0393 e. The van der Waals surface area contributed by atoms with Crippen LogP contribution in [0.25, 0.3) is 0 Å². The lowest BCUT2D eigenvalue weighted by atomic mass is 9.86. The fourth-order valence-electron chi connectivity index (χ4n) is 2.34. The second kappa shape index (κ2) is 5.54. The van der Waals surface area contributed by atoms with Gasteiger partial charge < -0.3 is 10.6 Å². The monoisotopic (exact) mass is 262 g/mol. The van der Waals surface area contributed by atoms with E-state index in [0.717, 1.165) is 6.54 Å². The molecule has 0 aliphatic rings. The number of benzene rings is 1. The second-order valence-electron chi connectivity index (χ2n) is 7.48. The van der Waals surface area contributed by atoms with Gasteiger partial charge in [0.25, 0.3) is 0 Å². The van der Waals surface area contributed by atoms with Crippen molar-refractivity contribution in [2.75, 3.05) is 25.0 Å². The van der Waals surface area contributed by atoms with Gasteiger partial charge in [0.2, 0.25) is 0 Å². The number of rotatable bonds is 4. The lowest BCUT2D eigenvalue weighted by molar-refractivity contribution is 0.385. The molecule has 0 aromatic heterocycles. The molecule has 2 heteroatoms. The van der Waals surface area contributed by atoms with Gasteiger partial charge in [-0.1, -0.05) is 46.8 Å². The maximum atomic E-state index is 5.83. The summed E-state index contributed by atoms with van der Waals surface area (Å²) in [4.78, 5) is 2.31. The second-order valence-corrected chi connectivity index (χ2v) is 7.48. The highest BCUT2D eigenvalue weighted by Gasteiger charge is 2.20. The van der Waals surface area contributed by atoms with Crippen LogP contribution in [-0.4, -0.2) is 20.1 Å². The molecule has 0 aliphatic carbocycles. The zero-order chi connectivity index (χ0) is 14.8. The third-order valence-corrected chi connectivity index (χ3v) is 3.69. The Morgan fingerprint density at radius 2 is 1.68 bits per heavy atom. The van der Waals surface area contributed by atoms with E-state index < -0.39 is 0 Å². The van der Waals surface area contributed by atoms with E-state index in [1.54, 1.807) is 0 Å². The van der Waals surface area contributed by atoms with Crippen LogP contribution in [0.1, 0.15) is 45.7 Å². The molecule has 1 aromatic rings. The Morgan fingerprint density at radius 1 is 1.11 bits per heavy atom. The Bertz CT molecular complexity index is 427. The maximum Gasteiger partial charge on any atom is 0.0393 e. The summed E-state index contributed by atoms with van der Waals surface area (Å²) in [7, 11) is 2.15. The summed E-state index contributed by atoms with van der Waals surface area (Å²) < 4.78 is 0. The number of anilines is 1. The molecule has 108 valence electrons. The number of nitrogens with two attached hydrogens (primary N) is 1. The number of nitrogens with zero attached hydrogens (tertiary/aromatic N) is 1. The Hall–Kier alpha value is -1.02. The van der Waals surface area contributed by atoms with Crippen LogP contribution in [0, 0.1) is 12.3 Å². The molecular weight excluding hydrogens is 232 g/mol. The van der Waals surface area contributed by atoms with E-state index in [1.165, 1.54) is 16.8 Å². The molecule has 19 heavy (non-hydrogen) atoms. The van der Waals surface area contributed by atoms with Gasteiger partial charge in [0.1, 0.15) is 0 Å². The standard InChI is InChI=1S/C17H30N2/c1-13-10-14(16(2,3)4)8-9-15(13)19(7)12-17(5,6)11-18/h8-10H,11-12,18H2,1-7H3. The molecule has 0 radical (unpaired) electrons. The van der Waals surface area contributed by atoms with E-state index in [-0.39, 0.29) is 10.8 Å². The minimum Gasteiger partial charge on any atom is -0.374 e. The first-order valence-electron chi connectivity index (χ1n) is 7.09. The van der Waals surface area contributed by atoms with E-state index in [1.807, 2.05) is 0 Å². The molecule has 0 atom stereocenters. The first kappa shape index (κ1) is 16.0. The summed E-state index contributed by atoms with van der Waals surface area (Å²) in [6, 6.07) is 6.79. The predicted octanol–water partition coefficient (Wildman–Crippen LogP) is 3.71. The zero-order valence-corrected chi connectivity index (χ0v) is 13.7. The molecule has 0 unspecified atom stereocenters. The van der Waals surface area contributed by atoms with Gasteiger partial charge in [0.05, 0.1) is 0 Å². The molecule has 0 saturated carbocycles. The van der Waals surface area contributed by atoms with E-state index >= 15 is 0 Å². The van der Waals surface area contributed by atoms with Crippen molar-refractivity contribution >= 4 is 5.69 Å². The van der Waals surface area contributed by atoms with Crippen molar-refractivity contribution in [2.45, 2.75) is 47.0 Å². The third-order valence-electron chi connectivity index (χ3n) is 3.69. The molecule has 2 N–H and O–H groups in total. The summed E-state index contributed by atoms with van der Waals surface area (Å²) in [5, 5.41) is 0. The fourth-order valence-corrected chi connectivity index (χ4v) is 2.34. The molecule has 1 rings (SSSR count). The normalized spacial score (nSPS) is 12.6. The van der Waals surface area contributed by atoms with Crippen LogP contribution < -0.4 is 10.6 Å². The van der Waals surface area contributed by atoms with Crippen molar-refractivity contribution in [3.05, 3.63) is 29.3 Å². The van der Waals surface area contributed by atoms with Gasteiger partial charge in [-0.15, -0.1) is 0 Å². The molecule has 0 saturated heterocycles. The first-order chi connectivity index (χ1) is 8.57. The first-order valence-corrected chi connectivity index (χ1v) is 7.09. The van der Waals surface area contributed by atoms with E-state index in [2.05, 4.69) is 71.7 Å². The highest BCUT2D eigenvalue weighted by atomic mass is 15.1. The SMILES string of the molecule is Cc1cc(C(C)(C)C)ccc1N(C)CC(C)(C)CN. The van der Waals surface area contributed by atoms with Crippen molar-refractivity contribution in [3.63, 3.8) is 0 Å². The van der Waals surface area contributed by atoms with E-state index in [0.29, 0.717) is 6.54 Å². The zero-order valence-electron chi connectivity index (χ0n) is 13.7. The summed E-state index contributed by atoms with van der Waals surface area (Å²) >= 11 is 0. The van der Waals surface area contributed by atoms with Crippen LogP contribution in [-0.2, 0) is 5.41 Å². The van der Waals surface area contributed by atoms with Crippen molar-refractivity contribution in [2.24, 2.45) is 11.1 Å². The Labute approximate surface area is 119 Å². The predicted molar refractivity (Wildman–Crippen MR) is 86.0 cm³/mol. The Morgan fingerprint density at radius 3 is 2.11 bits per heavy atom. The highest BCUT2D eigenvalue weighted by molar-refractivity contribution is 5.54. The van der Waals surface area contributed by atoms with Crippen molar-refractivity contribution in [3.8, 4) is 0 Å². The van der Waals surface area contributed by atoms with Crippen molar-refractivity contribution in [1.29, 1.82) is 0 Å². The van der Waals surface area contributed by atoms with Crippen molar-refractivity contribution < 1.29 is 0 Å². The van der Waals surface area contributed by atoms with Gasteiger partial charge >= 0.3 is 0 Å². The lowest BCUT2D eigenvalue weighted by Gasteiger charge is -2.32. The van der Waals surface area contributed by atoms with Gasteiger partial charge in [0.15, 0.2) is 0 Å². The van der Waals surface area contributed by atoms with Gasteiger partial charge in [-0.05, 0) is 41.5 Å². The number of hydrogen-bond donors (Lipinski definition) is 1. The molecular formula is C17H30N2. The van der Waals surface area contributed by atoms with Crippen LogP contribution in [0.3, 0.4) is 0 Å². The molecule has 0 fully saturated rings. The minimum absolute atomic E-state index is 0.143. The van der Waals surface area contributed by atoms with Gasteiger partial charge in [-0.3, -0.25) is 0 Å². The molecule has 0 heterocycles. The average Bonchev–Trinajstić information content (AvgIpc) is 2.26. The van der Waals surface area contributed by atoms with E-state index in [4.69, 9.17) is 5.73 Å². The van der Waals surface area contributed by atoms with Crippen LogP contribution in [0.5, 0.6) is 0 Å². The average molecular weight is 262 g/mol. The molecule has 0 amide bonds. The van der Waals surface area contributed by atoms with Crippen LogP contribution in [0.2, 0.25) is 0 Å². The Balaban J connectivity index is 2.97. The topological polar surface area (TPSA) is 29.3 Å². The van der Waals surface area contributed by atoms with Gasteiger partial charge in [-0.25, -0.2) is 0 Å². The fraction of sp³-hybridized carbons (Fsp3) is 0.647. The Kier molecular flexibility index (Phi) is 4.67. The summed E-state index contributed by atoms with van der Waals surface area (Å²) in [6.07, 6.45) is 0. The largest absolute Gasteiger partial charge is 0.374 e. The van der Waals surface area contributed by atoms with E-state index in [9.17, 15) is 0 Å². The van der Waals surface area contributed by atoms with Crippen LogP contribution >= 0.6 is 0 Å². The van der Waals surface area contributed by atoms with Crippen molar-refractivity contribution in [1.82, 2.24) is 0 Å². The van der Waals surface area contributed by atoms with Gasteiger partial charge in [-0.2, -0.15) is 0 Å². The summed E-state index contributed by atoms with van der Waals surface area (Å²) in [6.45, 7) is 15.0. The molecule has 1 aromatic carbocycles. The molecule has 2 nitrogen and oxygen atoms in total. The van der Waals surface area contributed by atoms with Crippen LogP contribution in [0.4, 0.5) is 5.69 Å². The molecule has 0 bridgehead atoms. The van der Waals surface area contributed by atoms with Crippen LogP contribution in [0.15, 0.2) is 18.2 Å².